The van der Waals surface area contributed by atoms with Crippen molar-refractivity contribution in [1.29, 1.82) is 0 Å². The fourth-order valence-corrected chi connectivity index (χ4v) is 4.26. The molecule has 10 nitrogen and oxygen atoms in total. The first-order valence-corrected chi connectivity index (χ1v) is 15.9. The zero-order chi connectivity index (χ0) is 28.5. The van der Waals surface area contributed by atoms with Crippen molar-refractivity contribution in [3.63, 3.8) is 0 Å². The molecule has 1 N–H and O–H groups in total. The number of esters is 2. The van der Waals surface area contributed by atoms with E-state index in [0.717, 1.165) is 51.4 Å². The van der Waals surface area contributed by atoms with Crippen LogP contribution in [0.2, 0.25) is 0 Å². The van der Waals surface area contributed by atoms with E-state index in [1.165, 1.54) is 45.4 Å². The maximum Gasteiger partial charge on any atom is 1.00 e. The predicted octanol–water partition coefficient (Wildman–Crippen LogP) is -1.53. The van der Waals surface area contributed by atoms with E-state index in [0.29, 0.717) is 19.4 Å². The van der Waals surface area contributed by atoms with Crippen LogP contribution < -0.4 is 74.2 Å². The molecular formula is C27H50NNa2O9P. The van der Waals surface area contributed by atoms with Gasteiger partial charge in [0.15, 0.2) is 6.10 Å². The van der Waals surface area contributed by atoms with Gasteiger partial charge in [-0.25, -0.2) is 0 Å². The smallest absolute Gasteiger partial charge is 0.790 e. The molecule has 0 fully saturated rings. The molecule has 40 heavy (non-hydrogen) atoms. The summed E-state index contributed by atoms with van der Waals surface area (Å²) in [5.74, 6) is -1.06. The molecule has 0 unspecified atom stereocenters. The third kappa shape index (κ3) is 34.7. The number of amides is 1. The van der Waals surface area contributed by atoms with Gasteiger partial charge in [0.05, 0.1) is 14.4 Å². The normalized spacial score (nSPS) is 11.6. The Morgan fingerprint density at radius 1 is 0.700 bits per heavy atom. The molecule has 0 aliphatic heterocycles. The minimum atomic E-state index is -5.25. The van der Waals surface area contributed by atoms with Gasteiger partial charge in [0, 0.05) is 26.3 Å². The molecule has 0 aromatic heterocycles. The Balaban J connectivity index is -0.00000684. The molecular weight excluding hydrogens is 559 g/mol. The SMILES string of the molecule is CCCCCCCCCCCCC(=O)O[C@@H](COC(=O)CCCCCCCCNC(C)=O)COP(=O)([O-])[O-].[Na+].[Na+]. The molecule has 13 heteroatoms. The van der Waals surface area contributed by atoms with Crippen LogP contribution in [-0.4, -0.2) is 43.7 Å². The fraction of sp³-hybridized carbons (Fsp3) is 0.889. The van der Waals surface area contributed by atoms with Crippen molar-refractivity contribution >= 4 is 25.7 Å². The average molecular weight is 610 g/mol. The van der Waals surface area contributed by atoms with Crippen molar-refractivity contribution in [2.45, 2.75) is 136 Å². The van der Waals surface area contributed by atoms with Crippen LogP contribution in [0.25, 0.3) is 0 Å². The Kier molecular flexibility index (Phi) is 34.8. The molecule has 0 rings (SSSR count). The summed E-state index contributed by atoms with van der Waals surface area (Å²) in [5, 5.41) is 2.75. The van der Waals surface area contributed by atoms with Crippen LogP contribution in [0.1, 0.15) is 129 Å². The Hall–Kier alpha value is 0.520. The van der Waals surface area contributed by atoms with Gasteiger partial charge >= 0.3 is 71.1 Å². The maximum atomic E-state index is 12.2. The summed E-state index contributed by atoms with van der Waals surface area (Å²) in [6.45, 7) is 3.31. The Morgan fingerprint density at radius 3 is 1.62 bits per heavy atom. The standard InChI is InChI=1S/C27H52NO9P.2Na/c1-3-4-5-6-7-8-9-10-14-17-20-27(31)37-25(23-36-38(32,33)34)22-35-26(30)19-16-13-11-12-15-18-21-28-24(2)29;;/h25H,3-23H2,1-2H3,(H,28,29)(H2,32,33,34);;/q;2*+1/p-2/t25-;;/m0../s1. The second-order valence-electron chi connectivity index (χ2n) is 9.82. The Labute approximate surface area is 286 Å². The van der Waals surface area contributed by atoms with Crippen molar-refractivity contribution < 1.29 is 102 Å². The van der Waals surface area contributed by atoms with Crippen molar-refractivity contribution in [3.8, 4) is 0 Å². The van der Waals surface area contributed by atoms with E-state index >= 15 is 0 Å². The number of hydrogen-bond donors (Lipinski definition) is 1. The zero-order valence-corrected chi connectivity index (χ0v) is 30.4. The van der Waals surface area contributed by atoms with Crippen LogP contribution in [0.15, 0.2) is 0 Å². The van der Waals surface area contributed by atoms with E-state index in [1.807, 2.05) is 0 Å². The van der Waals surface area contributed by atoms with E-state index in [-0.39, 0.29) is 84.5 Å². The number of rotatable bonds is 26. The first-order chi connectivity index (χ1) is 18.1. The van der Waals surface area contributed by atoms with Crippen molar-refractivity contribution in [2.75, 3.05) is 19.8 Å². The topological polar surface area (TPSA) is 154 Å². The largest absolute Gasteiger partial charge is 1.00 e. The molecule has 1 atom stereocenters. The summed E-state index contributed by atoms with van der Waals surface area (Å²) >= 11 is 0. The van der Waals surface area contributed by atoms with Crippen molar-refractivity contribution in [3.05, 3.63) is 0 Å². The zero-order valence-electron chi connectivity index (χ0n) is 25.5. The summed E-state index contributed by atoms with van der Waals surface area (Å²) < 4.78 is 25.4. The number of unbranched alkanes of at least 4 members (excludes halogenated alkanes) is 14. The molecule has 0 aliphatic rings. The van der Waals surface area contributed by atoms with Gasteiger partial charge in [0.25, 0.3) is 0 Å². The van der Waals surface area contributed by atoms with E-state index in [2.05, 4.69) is 16.8 Å². The summed E-state index contributed by atoms with van der Waals surface area (Å²) in [6.07, 6.45) is 15.8. The molecule has 0 radical (unpaired) electrons. The summed E-state index contributed by atoms with van der Waals surface area (Å²) in [5.41, 5.74) is 0. The van der Waals surface area contributed by atoms with Gasteiger partial charge in [-0.1, -0.05) is 90.4 Å². The predicted molar refractivity (Wildman–Crippen MR) is 142 cm³/mol. The number of carbonyl (C=O) groups excluding carboxylic acids is 3. The van der Waals surface area contributed by atoms with Crippen molar-refractivity contribution in [1.82, 2.24) is 5.32 Å². The van der Waals surface area contributed by atoms with E-state index in [9.17, 15) is 28.7 Å². The summed E-state index contributed by atoms with van der Waals surface area (Å²) in [7, 11) is -5.25. The summed E-state index contributed by atoms with van der Waals surface area (Å²) in [4.78, 5) is 56.6. The quantitative estimate of drug-likeness (QED) is 0.0533. The minimum Gasteiger partial charge on any atom is -0.790 e. The molecule has 0 saturated heterocycles. The second kappa shape index (κ2) is 31.0. The molecule has 0 aromatic carbocycles. The molecule has 0 bridgehead atoms. The van der Waals surface area contributed by atoms with Gasteiger partial charge in [0.1, 0.15) is 6.61 Å². The van der Waals surface area contributed by atoms with Crippen LogP contribution in [0.4, 0.5) is 0 Å². The van der Waals surface area contributed by atoms with Gasteiger partial charge in [-0.3, -0.25) is 14.4 Å². The monoisotopic (exact) mass is 609 g/mol. The Morgan fingerprint density at radius 2 is 1.15 bits per heavy atom. The van der Waals surface area contributed by atoms with Crippen LogP contribution in [0.5, 0.6) is 0 Å². The molecule has 1 amide bonds. The average Bonchev–Trinajstić information content (AvgIpc) is 2.85. The van der Waals surface area contributed by atoms with Gasteiger partial charge in [-0.15, -0.1) is 0 Å². The number of phosphoric acid groups is 1. The number of carbonyl (C=O) groups is 3. The molecule has 0 aliphatic carbocycles. The Bertz CT molecular complexity index is 680. The summed E-state index contributed by atoms with van der Waals surface area (Å²) in [6, 6.07) is 0. The van der Waals surface area contributed by atoms with Crippen LogP contribution in [-0.2, 0) is 32.9 Å². The first-order valence-electron chi connectivity index (χ1n) is 14.4. The molecule has 0 aromatic rings. The van der Waals surface area contributed by atoms with Crippen molar-refractivity contribution in [2.24, 2.45) is 0 Å². The number of nitrogens with one attached hydrogen (secondary N) is 1. The minimum absolute atomic E-state index is 0. The van der Waals surface area contributed by atoms with E-state index in [4.69, 9.17) is 9.47 Å². The molecule has 0 saturated carbocycles. The number of hydrogen-bond acceptors (Lipinski definition) is 9. The van der Waals surface area contributed by atoms with E-state index < -0.39 is 32.5 Å². The fourth-order valence-electron chi connectivity index (χ4n) is 3.92. The molecule has 0 heterocycles. The van der Waals surface area contributed by atoms with Crippen LogP contribution >= 0.6 is 7.82 Å². The second-order valence-corrected chi connectivity index (χ2v) is 11.0. The number of ether oxygens (including phenoxy) is 2. The number of phosphoric ester groups is 1. The van der Waals surface area contributed by atoms with Gasteiger partial charge in [-0.2, -0.15) is 0 Å². The van der Waals surface area contributed by atoms with Crippen LogP contribution in [0, 0.1) is 0 Å². The van der Waals surface area contributed by atoms with Gasteiger partial charge in [0.2, 0.25) is 5.91 Å². The molecule has 224 valence electrons. The maximum absolute atomic E-state index is 12.2. The van der Waals surface area contributed by atoms with Gasteiger partial charge in [-0.05, 0) is 19.3 Å². The first kappa shape index (κ1) is 45.0. The third-order valence-corrected chi connectivity index (χ3v) is 6.53. The van der Waals surface area contributed by atoms with E-state index in [1.54, 1.807) is 0 Å². The van der Waals surface area contributed by atoms with Crippen LogP contribution in [0.3, 0.4) is 0 Å². The molecule has 0 spiro atoms. The van der Waals surface area contributed by atoms with Gasteiger partial charge < -0.3 is 33.7 Å². The third-order valence-electron chi connectivity index (χ3n) is 6.06.